The van der Waals surface area contributed by atoms with Crippen molar-refractivity contribution in [2.24, 2.45) is 0 Å². The molecule has 3 rings (SSSR count). The molecule has 0 aliphatic rings. The van der Waals surface area contributed by atoms with Crippen LogP contribution in [0, 0.1) is 0 Å². The molecule has 0 saturated heterocycles. The number of carbonyl (C=O) groups excluding carboxylic acids is 1. The highest BCUT2D eigenvalue weighted by atomic mass is 16.1. The maximum atomic E-state index is 12.2. The second-order valence-electron chi connectivity index (χ2n) is 5.72. The molecular formula is C16H20N6O. The molecule has 1 amide bonds. The van der Waals surface area contributed by atoms with Crippen LogP contribution in [0.4, 0.5) is 0 Å². The van der Waals surface area contributed by atoms with Crippen LogP contribution in [0.5, 0.6) is 0 Å². The number of hydrogen-bond acceptors (Lipinski definition) is 4. The summed E-state index contributed by atoms with van der Waals surface area (Å²) in [7, 11) is 0. The van der Waals surface area contributed by atoms with Crippen molar-refractivity contribution in [3.8, 4) is 0 Å². The molecule has 0 atom stereocenters. The SMILES string of the molecule is CC(C)c1nccn1CCCNC(=O)c1ccn2ncnc2c1. The summed E-state index contributed by atoms with van der Waals surface area (Å²) in [6.45, 7) is 5.71. The third-order valence-corrected chi connectivity index (χ3v) is 3.67. The van der Waals surface area contributed by atoms with Crippen molar-refractivity contribution in [1.82, 2.24) is 29.5 Å². The Morgan fingerprint density at radius 3 is 3.00 bits per heavy atom. The average molecular weight is 312 g/mol. The molecule has 0 aliphatic carbocycles. The Hall–Kier alpha value is -2.70. The Bertz CT molecular complexity index is 804. The van der Waals surface area contributed by atoms with Gasteiger partial charge in [0, 0.05) is 43.2 Å². The van der Waals surface area contributed by atoms with Gasteiger partial charge in [-0.1, -0.05) is 13.8 Å². The first-order chi connectivity index (χ1) is 11.1. The molecule has 0 aliphatic heterocycles. The van der Waals surface area contributed by atoms with E-state index in [1.54, 1.807) is 22.8 Å². The Kier molecular flexibility index (Phi) is 4.36. The first-order valence-corrected chi connectivity index (χ1v) is 7.74. The fourth-order valence-electron chi connectivity index (χ4n) is 2.52. The van der Waals surface area contributed by atoms with E-state index in [9.17, 15) is 4.79 Å². The van der Waals surface area contributed by atoms with Crippen molar-refractivity contribution >= 4 is 11.6 Å². The molecular weight excluding hydrogens is 292 g/mol. The summed E-state index contributed by atoms with van der Waals surface area (Å²) in [5, 5.41) is 6.95. The summed E-state index contributed by atoms with van der Waals surface area (Å²) in [5.41, 5.74) is 1.26. The van der Waals surface area contributed by atoms with Crippen LogP contribution >= 0.6 is 0 Å². The summed E-state index contributed by atoms with van der Waals surface area (Å²) < 4.78 is 3.77. The van der Waals surface area contributed by atoms with Gasteiger partial charge in [0.05, 0.1) is 0 Å². The van der Waals surface area contributed by atoms with Crippen LogP contribution in [0.15, 0.2) is 37.1 Å². The number of hydrogen-bond donors (Lipinski definition) is 1. The summed E-state index contributed by atoms with van der Waals surface area (Å²) in [6.07, 6.45) is 7.86. The van der Waals surface area contributed by atoms with Crippen molar-refractivity contribution < 1.29 is 4.79 Å². The number of imidazole rings is 1. The van der Waals surface area contributed by atoms with Crippen LogP contribution in [0.3, 0.4) is 0 Å². The molecule has 3 aromatic rings. The maximum absolute atomic E-state index is 12.2. The number of carbonyl (C=O) groups is 1. The van der Waals surface area contributed by atoms with E-state index in [1.165, 1.54) is 6.33 Å². The lowest BCUT2D eigenvalue weighted by Gasteiger charge is -2.10. The number of rotatable bonds is 6. The van der Waals surface area contributed by atoms with Crippen LogP contribution in [0.2, 0.25) is 0 Å². The van der Waals surface area contributed by atoms with Gasteiger partial charge in [-0.15, -0.1) is 0 Å². The van der Waals surface area contributed by atoms with Gasteiger partial charge in [0.25, 0.3) is 5.91 Å². The van der Waals surface area contributed by atoms with Gasteiger partial charge >= 0.3 is 0 Å². The second-order valence-corrected chi connectivity index (χ2v) is 5.72. The van der Waals surface area contributed by atoms with E-state index in [-0.39, 0.29) is 5.91 Å². The summed E-state index contributed by atoms with van der Waals surface area (Å²) in [6, 6.07) is 3.47. The van der Waals surface area contributed by atoms with Crippen molar-refractivity contribution in [2.45, 2.75) is 32.7 Å². The first kappa shape index (κ1) is 15.2. The normalized spacial score (nSPS) is 11.3. The first-order valence-electron chi connectivity index (χ1n) is 7.74. The maximum Gasteiger partial charge on any atom is 0.251 e. The van der Waals surface area contributed by atoms with E-state index in [4.69, 9.17) is 0 Å². The summed E-state index contributed by atoms with van der Waals surface area (Å²) in [5.74, 6) is 1.38. The Morgan fingerprint density at radius 1 is 1.30 bits per heavy atom. The number of fused-ring (bicyclic) bond motifs is 1. The van der Waals surface area contributed by atoms with Gasteiger partial charge in [0.1, 0.15) is 12.2 Å². The van der Waals surface area contributed by atoms with Gasteiger partial charge in [-0.25, -0.2) is 14.5 Å². The van der Waals surface area contributed by atoms with Gasteiger partial charge in [-0.05, 0) is 18.6 Å². The molecule has 0 unspecified atom stereocenters. The highest BCUT2D eigenvalue weighted by Gasteiger charge is 2.08. The highest BCUT2D eigenvalue weighted by Crippen LogP contribution is 2.11. The van der Waals surface area contributed by atoms with E-state index in [2.05, 4.69) is 38.8 Å². The van der Waals surface area contributed by atoms with Crippen molar-refractivity contribution in [3.63, 3.8) is 0 Å². The molecule has 120 valence electrons. The fraction of sp³-hybridized carbons (Fsp3) is 0.375. The van der Waals surface area contributed by atoms with Crippen molar-refractivity contribution in [3.05, 3.63) is 48.4 Å². The number of nitrogens with zero attached hydrogens (tertiary/aromatic N) is 5. The largest absolute Gasteiger partial charge is 0.352 e. The van der Waals surface area contributed by atoms with Gasteiger partial charge in [0.15, 0.2) is 5.65 Å². The van der Waals surface area contributed by atoms with E-state index < -0.39 is 0 Å². The van der Waals surface area contributed by atoms with Gasteiger partial charge in [-0.3, -0.25) is 4.79 Å². The predicted molar refractivity (Wildman–Crippen MR) is 86.3 cm³/mol. The number of aryl methyl sites for hydroxylation is 1. The molecule has 0 spiro atoms. The van der Waals surface area contributed by atoms with E-state index in [0.717, 1.165) is 18.8 Å². The molecule has 23 heavy (non-hydrogen) atoms. The number of aromatic nitrogens is 5. The molecule has 3 aromatic heterocycles. The minimum absolute atomic E-state index is 0.0924. The molecule has 3 heterocycles. The standard InChI is InChI=1S/C16H20N6O/c1-12(2)15-17-6-9-21(15)7-3-5-18-16(23)13-4-8-22-14(10-13)19-11-20-22/h4,6,8-12H,3,5,7H2,1-2H3,(H,18,23). The molecule has 0 saturated carbocycles. The minimum atomic E-state index is -0.0924. The molecule has 1 N–H and O–H groups in total. The molecule has 7 heteroatoms. The monoisotopic (exact) mass is 312 g/mol. The second kappa shape index (κ2) is 6.60. The molecule has 7 nitrogen and oxygen atoms in total. The highest BCUT2D eigenvalue weighted by molar-refractivity contribution is 5.94. The lowest BCUT2D eigenvalue weighted by atomic mass is 10.2. The molecule has 0 bridgehead atoms. The zero-order chi connectivity index (χ0) is 16.2. The number of pyridine rings is 1. The lowest BCUT2D eigenvalue weighted by Crippen LogP contribution is -2.25. The Labute approximate surface area is 134 Å². The number of nitrogens with one attached hydrogen (secondary N) is 1. The quantitative estimate of drug-likeness (QED) is 0.705. The van der Waals surface area contributed by atoms with Crippen LogP contribution in [-0.2, 0) is 6.54 Å². The Balaban J connectivity index is 1.52. The van der Waals surface area contributed by atoms with Gasteiger partial charge in [-0.2, -0.15) is 5.10 Å². The lowest BCUT2D eigenvalue weighted by molar-refractivity contribution is 0.0952. The zero-order valence-corrected chi connectivity index (χ0v) is 13.3. The van der Waals surface area contributed by atoms with Crippen LogP contribution in [-0.4, -0.2) is 36.6 Å². The Morgan fingerprint density at radius 2 is 2.17 bits per heavy atom. The topological polar surface area (TPSA) is 77.1 Å². The molecule has 0 radical (unpaired) electrons. The average Bonchev–Trinajstić information content (AvgIpc) is 3.19. The van der Waals surface area contributed by atoms with Crippen molar-refractivity contribution in [1.29, 1.82) is 0 Å². The zero-order valence-electron chi connectivity index (χ0n) is 13.3. The minimum Gasteiger partial charge on any atom is -0.352 e. The van der Waals surface area contributed by atoms with Crippen LogP contribution < -0.4 is 5.32 Å². The van der Waals surface area contributed by atoms with Crippen LogP contribution in [0.25, 0.3) is 5.65 Å². The van der Waals surface area contributed by atoms with Gasteiger partial charge in [0.2, 0.25) is 0 Å². The fourth-order valence-corrected chi connectivity index (χ4v) is 2.52. The smallest absolute Gasteiger partial charge is 0.251 e. The predicted octanol–water partition coefficient (Wildman–Crippen LogP) is 1.87. The molecule has 0 aromatic carbocycles. The summed E-state index contributed by atoms with van der Waals surface area (Å²) >= 11 is 0. The van der Waals surface area contributed by atoms with Gasteiger partial charge < -0.3 is 9.88 Å². The van der Waals surface area contributed by atoms with Crippen molar-refractivity contribution in [2.75, 3.05) is 6.54 Å². The van der Waals surface area contributed by atoms with Crippen LogP contribution in [0.1, 0.15) is 42.4 Å². The van der Waals surface area contributed by atoms with E-state index in [1.807, 2.05) is 12.4 Å². The van der Waals surface area contributed by atoms with E-state index >= 15 is 0 Å². The molecule has 0 fully saturated rings. The number of amides is 1. The third kappa shape index (κ3) is 3.39. The van der Waals surface area contributed by atoms with E-state index in [0.29, 0.717) is 23.7 Å². The third-order valence-electron chi connectivity index (χ3n) is 3.67. The summed E-state index contributed by atoms with van der Waals surface area (Å²) in [4.78, 5) is 20.6.